The lowest BCUT2D eigenvalue weighted by atomic mass is 10.1. The first-order valence-electron chi connectivity index (χ1n) is 6.40. The molecule has 0 unspecified atom stereocenters. The number of amides is 1. The van der Waals surface area contributed by atoms with Gasteiger partial charge in [-0.05, 0) is 30.2 Å². The highest BCUT2D eigenvalue weighted by atomic mass is 35.5. The van der Waals surface area contributed by atoms with Crippen LogP contribution in [0.25, 0.3) is 0 Å². The van der Waals surface area contributed by atoms with Crippen LogP contribution >= 0.6 is 23.8 Å². The fourth-order valence-corrected chi connectivity index (χ4v) is 2.21. The number of benzene rings is 2. The maximum absolute atomic E-state index is 12.2. The van der Waals surface area contributed by atoms with Crippen LogP contribution in [0.15, 0.2) is 42.5 Å². The quantitative estimate of drug-likeness (QED) is 0.851. The monoisotopic (exact) mass is 318 g/mol. The van der Waals surface area contributed by atoms with Gasteiger partial charge in [0.05, 0.1) is 0 Å². The van der Waals surface area contributed by atoms with Gasteiger partial charge in [0.15, 0.2) is 0 Å². The highest BCUT2D eigenvalue weighted by Crippen LogP contribution is 2.15. The smallest absolute Gasteiger partial charge is 0.251 e. The predicted molar refractivity (Wildman–Crippen MR) is 89.7 cm³/mol. The highest BCUT2D eigenvalue weighted by molar-refractivity contribution is 7.80. The Bertz CT molecular complexity index is 683. The van der Waals surface area contributed by atoms with Crippen LogP contribution in [-0.2, 0) is 6.54 Å². The maximum Gasteiger partial charge on any atom is 0.251 e. The number of hydrogen-bond acceptors (Lipinski definition) is 2. The molecular formula is C16H15ClN2OS. The van der Waals surface area contributed by atoms with E-state index in [-0.39, 0.29) is 5.91 Å². The zero-order valence-electron chi connectivity index (χ0n) is 11.5. The van der Waals surface area contributed by atoms with Gasteiger partial charge >= 0.3 is 0 Å². The number of aryl methyl sites for hydroxylation is 1. The molecule has 3 N–H and O–H groups in total. The van der Waals surface area contributed by atoms with E-state index >= 15 is 0 Å². The fourth-order valence-electron chi connectivity index (χ4n) is 1.90. The predicted octanol–water partition coefficient (Wildman–Crippen LogP) is 3.21. The van der Waals surface area contributed by atoms with Crippen molar-refractivity contribution in [2.24, 2.45) is 5.73 Å². The molecule has 0 radical (unpaired) electrons. The Balaban J connectivity index is 2.04. The molecule has 2 aromatic carbocycles. The van der Waals surface area contributed by atoms with E-state index in [1.165, 1.54) is 0 Å². The average molecular weight is 319 g/mol. The Labute approximate surface area is 134 Å². The van der Waals surface area contributed by atoms with E-state index in [1.54, 1.807) is 12.1 Å². The second-order valence-electron chi connectivity index (χ2n) is 4.70. The fraction of sp³-hybridized carbons (Fsp3) is 0.125. The number of carbonyl (C=O) groups excluding carboxylic acids is 1. The Hall–Kier alpha value is -1.91. The summed E-state index contributed by atoms with van der Waals surface area (Å²) in [6.07, 6.45) is 0. The standard InChI is InChI=1S/C16H15ClN2OS/c1-10-2-7-13(17)8-14(10)16(20)19-9-11-3-5-12(6-4-11)15(18)21/h2-8H,9H2,1H3,(H2,18,21)(H,19,20). The summed E-state index contributed by atoms with van der Waals surface area (Å²) in [6.45, 7) is 2.31. The molecule has 5 heteroatoms. The van der Waals surface area contributed by atoms with E-state index in [1.807, 2.05) is 37.3 Å². The molecule has 0 saturated heterocycles. The SMILES string of the molecule is Cc1ccc(Cl)cc1C(=O)NCc1ccc(C(N)=S)cc1. The third kappa shape index (κ3) is 4.03. The largest absolute Gasteiger partial charge is 0.389 e. The first-order chi connectivity index (χ1) is 9.97. The molecule has 2 aromatic rings. The number of thiocarbonyl (C=S) groups is 1. The van der Waals surface area contributed by atoms with Crippen molar-refractivity contribution in [2.45, 2.75) is 13.5 Å². The van der Waals surface area contributed by atoms with Crippen LogP contribution in [-0.4, -0.2) is 10.9 Å². The Morgan fingerprint density at radius 1 is 1.24 bits per heavy atom. The van der Waals surface area contributed by atoms with E-state index in [0.717, 1.165) is 16.7 Å². The molecule has 0 atom stereocenters. The van der Waals surface area contributed by atoms with Crippen molar-refractivity contribution in [3.05, 3.63) is 69.7 Å². The minimum absolute atomic E-state index is 0.145. The molecule has 0 aliphatic carbocycles. The van der Waals surface area contributed by atoms with Crippen LogP contribution in [0.1, 0.15) is 27.0 Å². The van der Waals surface area contributed by atoms with Gasteiger partial charge in [0.25, 0.3) is 5.91 Å². The van der Waals surface area contributed by atoms with Gasteiger partial charge in [0.1, 0.15) is 4.99 Å². The van der Waals surface area contributed by atoms with Gasteiger partial charge in [-0.1, -0.05) is 54.2 Å². The third-order valence-corrected chi connectivity index (χ3v) is 3.61. The van der Waals surface area contributed by atoms with Crippen LogP contribution in [0.4, 0.5) is 0 Å². The average Bonchev–Trinajstić information content (AvgIpc) is 2.47. The Morgan fingerprint density at radius 3 is 2.52 bits per heavy atom. The summed E-state index contributed by atoms with van der Waals surface area (Å²) in [5.74, 6) is -0.145. The van der Waals surface area contributed by atoms with Crippen molar-refractivity contribution in [2.75, 3.05) is 0 Å². The highest BCUT2D eigenvalue weighted by Gasteiger charge is 2.09. The van der Waals surface area contributed by atoms with Gasteiger partial charge in [0.2, 0.25) is 0 Å². The van der Waals surface area contributed by atoms with E-state index in [4.69, 9.17) is 29.6 Å². The van der Waals surface area contributed by atoms with Crippen molar-refractivity contribution in [3.63, 3.8) is 0 Å². The molecule has 0 aliphatic heterocycles. The molecule has 0 saturated carbocycles. The first-order valence-corrected chi connectivity index (χ1v) is 7.19. The summed E-state index contributed by atoms with van der Waals surface area (Å²) in [4.78, 5) is 12.5. The minimum Gasteiger partial charge on any atom is -0.389 e. The number of hydrogen-bond donors (Lipinski definition) is 2. The van der Waals surface area contributed by atoms with Gasteiger partial charge in [0, 0.05) is 22.7 Å². The lowest BCUT2D eigenvalue weighted by Gasteiger charge is -2.09. The molecular weight excluding hydrogens is 304 g/mol. The molecule has 0 heterocycles. The van der Waals surface area contributed by atoms with Gasteiger partial charge in [-0.25, -0.2) is 0 Å². The second kappa shape index (κ2) is 6.70. The summed E-state index contributed by atoms with van der Waals surface area (Å²) < 4.78 is 0. The zero-order chi connectivity index (χ0) is 15.4. The van der Waals surface area contributed by atoms with E-state index in [9.17, 15) is 4.79 Å². The van der Waals surface area contributed by atoms with E-state index < -0.39 is 0 Å². The molecule has 3 nitrogen and oxygen atoms in total. The van der Waals surface area contributed by atoms with Crippen LogP contribution in [0.5, 0.6) is 0 Å². The summed E-state index contributed by atoms with van der Waals surface area (Å²) in [5.41, 5.74) is 8.80. The molecule has 0 fully saturated rings. The van der Waals surface area contributed by atoms with Crippen LogP contribution < -0.4 is 11.1 Å². The van der Waals surface area contributed by atoms with Crippen LogP contribution in [0.2, 0.25) is 5.02 Å². The summed E-state index contributed by atoms with van der Waals surface area (Å²) in [5, 5.41) is 3.42. The molecule has 0 bridgehead atoms. The van der Waals surface area contributed by atoms with E-state index in [2.05, 4.69) is 5.32 Å². The van der Waals surface area contributed by atoms with Crippen molar-refractivity contribution in [1.82, 2.24) is 5.32 Å². The lowest BCUT2D eigenvalue weighted by molar-refractivity contribution is 0.0950. The second-order valence-corrected chi connectivity index (χ2v) is 5.58. The van der Waals surface area contributed by atoms with E-state index in [0.29, 0.717) is 22.1 Å². The molecule has 21 heavy (non-hydrogen) atoms. The summed E-state index contributed by atoms with van der Waals surface area (Å²) in [6, 6.07) is 12.7. The third-order valence-electron chi connectivity index (χ3n) is 3.14. The van der Waals surface area contributed by atoms with Crippen LogP contribution in [0.3, 0.4) is 0 Å². The normalized spacial score (nSPS) is 10.2. The van der Waals surface area contributed by atoms with Crippen molar-refractivity contribution >= 4 is 34.7 Å². The van der Waals surface area contributed by atoms with Crippen LogP contribution in [0, 0.1) is 6.92 Å². The van der Waals surface area contributed by atoms with Gasteiger partial charge < -0.3 is 11.1 Å². The minimum atomic E-state index is -0.145. The van der Waals surface area contributed by atoms with Crippen molar-refractivity contribution in [1.29, 1.82) is 0 Å². The van der Waals surface area contributed by atoms with Gasteiger partial charge in [-0.15, -0.1) is 0 Å². The van der Waals surface area contributed by atoms with Gasteiger partial charge in [-0.2, -0.15) is 0 Å². The first kappa shape index (κ1) is 15.5. The number of halogens is 1. The molecule has 0 aromatic heterocycles. The number of rotatable bonds is 4. The zero-order valence-corrected chi connectivity index (χ0v) is 13.1. The topological polar surface area (TPSA) is 55.1 Å². The number of nitrogens with two attached hydrogens (primary N) is 1. The van der Waals surface area contributed by atoms with Crippen molar-refractivity contribution in [3.8, 4) is 0 Å². The molecule has 0 spiro atoms. The number of nitrogens with one attached hydrogen (secondary N) is 1. The summed E-state index contributed by atoms with van der Waals surface area (Å²) in [7, 11) is 0. The molecule has 108 valence electrons. The molecule has 2 rings (SSSR count). The molecule has 0 aliphatic rings. The number of carbonyl (C=O) groups is 1. The van der Waals surface area contributed by atoms with Gasteiger partial charge in [-0.3, -0.25) is 4.79 Å². The van der Waals surface area contributed by atoms with Crippen molar-refractivity contribution < 1.29 is 4.79 Å². The molecule has 1 amide bonds. The Kier molecular flexibility index (Phi) is 4.94. The lowest BCUT2D eigenvalue weighted by Crippen LogP contribution is -2.23. The Morgan fingerprint density at radius 2 is 1.90 bits per heavy atom. The maximum atomic E-state index is 12.2. The summed E-state index contributed by atoms with van der Waals surface area (Å²) >= 11 is 10.8.